The van der Waals surface area contributed by atoms with Gasteiger partial charge in [0, 0.05) is 0 Å². The molecule has 0 N–H and O–H groups in total. The van der Waals surface area contributed by atoms with Crippen molar-refractivity contribution >= 4 is 5.97 Å². The second-order valence-corrected chi connectivity index (χ2v) is 7.88. The molecule has 0 spiro atoms. The van der Waals surface area contributed by atoms with E-state index < -0.39 is 0 Å². The van der Waals surface area contributed by atoms with Gasteiger partial charge in [-0.05, 0) is 43.9 Å². The van der Waals surface area contributed by atoms with E-state index in [9.17, 15) is 4.79 Å². The van der Waals surface area contributed by atoms with Crippen molar-refractivity contribution in [3.8, 4) is 0 Å². The molecule has 0 rings (SSSR count). The van der Waals surface area contributed by atoms with E-state index in [4.69, 9.17) is 4.74 Å². The fourth-order valence-corrected chi connectivity index (χ4v) is 2.73. The highest BCUT2D eigenvalue weighted by Gasteiger charge is 2.25. The number of hydrogen-bond acceptors (Lipinski definition) is 2. The first kappa shape index (κ1) is 22.2. The smallest absolute Gasteiger partial charge is 0.308 e. The van der Waals surface area contributed by atoms with Crippen molar-refractivity contribution in [2.45, 2.75) is 98.8 Å². The van der Waals surface area contributed by atoms with Gasteiger partial charge in [-0.3, -0.25) is 4.79 Å². The Morgan fingerprint density at radius 1 is 0.957 bits per heavy atom. The average molecular weight is 325 g/mol. The Hall–Kier alpha value is -0.790. The molecule has 0 aromatic heterocycles. The van der Waals surface area contributed by atoms with E-state index in [1.54, 1.807) is 0 Å². The zero-order chi connectivity index (χ0) is 17.6. The molecule has 1 atom stereocenters. The van der Waals surface area contributed by atoms with Crippen molar-refractivity contribution in [1.82, 2.24) is 0 Å². The summed E-state index contributed by atoms with van der Waals surface area (Å²) in [6, 6.07) is 0. The Balaban J connectivity index is 4.21. The predicted molar refractivity (Wildman–Crippen MR) is 101 cm³/mol. The molecule has 0 aliphatic carbocycles. The number of unbranched alkanes of at least 4 members (excludes halogenated alkanes) is 5. The van der Waals surface area contributed by atoms with Crippen LogP contribution in [0.25, 0.3) is 0 Å². The third kappa shape index (κ3) is 14.5. The average Bonchev–Trinajstić information content (AvgIpc) is 2.48. The zero-order valence-electron chi connectivity index (χ0n) is 16.3. The third-order valence-corrected chi connectivity index (χ3v) is 4.01. The van der Waals surface area contributed by atoms with Gasteiger partial charge in [-0.1, -0.05) is 72.5 Å². The lowest BCUT2D eigenvalue weighted by Gasteiger charge is -2.24. The van der Waals surface area contributed by atoms with Crippen molar-refractivity contribution in [3.63, 3.8) is 0 Å². The first-order valence-corrected chi connectivity index (χ1v) is 9.72. The third-order valence-electron chi connectivity index (χ3n) is 4.01. The molecule has 0 aliphatic heterocycles. The molecule has 136 valence electrons. The van der Waals surface area contributed by atoms with Crippen LogP contribution in [0, 0.1) is 11.3 Å². The van der Waals surface area contributed by atoms with Crippen LogP contribution in [0.3, 0.4) is 0 Å². The van der Waals surface area contributed by atoms with E-state index in [-0.39, 0.29) is 17.3 Å². The number of rotatable bonds is 13. The van der Waals surface area contributed by atoms with Crippen LogP contribution < -0.4 is 0 Å². The number of carbonyl (C=O) groups excluding carboxylic acids is 1. The molecular formula is C21H40O2. The van der Waals surface area contributed by atoms with Crippen LogP contribution in [0.15, 0.2) is 12.2 Å². The predicted octanol–water partition coefficient (Wildman–Crippen LogP) is 6.69. The number of allylic oxidation sites excluding steroid dienone is 2. The Morgan fingerprint density at radius 2 is 1.57 bits per heavy atom. The van der Waals surface area contributed by atoms with Gasteiger partial charge in [0.15, 0.2) is 0 Å². The summed E-state index contributed by atoms with van der Waals surface area (Å²) >= 11 is 0. The minimum atomic E-state index is 0.00964. The first-order valence-electron chi connectivity index (χ1n) is 9.72. The maximum atomic E-state index is 12.3. The van der Waals surface area contributed by atoms with Crippen LogP contribution in [-0.2, 0) is 9.53 Å². The summed E-state index contributed by atoms with van der Waals surface area (Å²) in [5.74, 6) is 0.0485. The molecule has 2 nitrogen and oxygen atoms in total. The van der Waals surface area contributed by atoms with Crippen molar-refractivity contribution < 1.29 is 9.53 Å². The van der Waals surface area contributed by atoms with Crippen molar-refractivity contribution in [3.05, 3.63) is 12.2 Å². The monoisotopic (exact) mass is 324 g/mol. The standard InChI is InChI=1S/C21H40O2/c1-6-8-10-11-12-13-14-16-19(18-21(3,4)5)20(22)23-17-15-9-7-2/h12-13,19H,6-11,14-18H2,1-5H3/b13-12+. The van der Waals surface area contributed by atoms with Crippen LogP contribution in [-0.4, -0.2) is 12.6 Å². The molecule has 0 saturated heterocycles. The normalized spacial score (nSPS) is 13.4. The largest absolute Gasteiger partial charge is 0.465 e. The van der Waals surface area contributed by atoms with Gasteiger partial charge in [-0.25, -0.2) is 0 Å². The van der Waals surface area contributed by atoms with E-state index in [2.05, 4.69) is 46.8 Å². The fourth-order valence-electron chi connectivity index (χ4n) is 2.73. The first-order chi connectivity index (χ1) is 10.9. The topological polar surface area (TPSA) is 26.3 Å². The van der Waals surface area contributed by atoms with Gasteiger partial charge < -0.3 is 4.74 Å². The summed E-state index contributed by atoms with van der Waals surface area (Å²) in [6.07, 6.45) is 15.6. The van der Waals surface area contributed by atoms with Crippen molar-refractivity contribution in [2.24, 2.45) is 11.3 Å². The van der Waals surface area contributed by atoms with Crippen LogP contribution in [0.4, 0.5) is 0 Å². The lowest BCUT2D eigenvalue weighted by molar-refractivity contribution is -0.150. The van der Waals surface area contributed by atoms with E-state index in [1.165, 1.54) is 25.7 Å². The molecule has 0 fully saturated rings. The van der Waals surface area contributed by atoms with Gasteiger partial charge in [0.25, 0.3) is 0 Å². The maximum Gasteiger partial charge on any atom is 0.308 e. The summed E-state index contributed by atoms with van der Waals surface area (Å²) < 4.78 is 5.50. The second kappa shape index (κ2) is 13.6. The van der Waals surface area contributed by atoms with Gasteiger partial charge in [0.2, 0.25) is 0 Å². The Bertz CT molecular complexity index is 312. The van der Waals surface area contributed by atoms with Crippen LogP contribution in [0.2, 0.25) is 0 Å². The molecule has 0 heterocycles. The maximum absolute atomic E-state index is 12.3. The van der Waals surface area contributed by atoms with E-state index in [1.807, 2.05) is 0 Å². The van der Waals surface area contributed by atoms with Gasteiger partial charge in [-0.2, -0.15) is 0 Å². The number of carbonyl (C=O) groups is 1. The molecule has 2 heteroatoms. The number of ether oxygens (including phenoxy) is 1. The molecule has 0 amide bonds. The Kier molecular flexibility index (Phi) is 13.2. The fraction of sp³-hybridized carbons (Fsp3) is 0.857. The molecule has 0 aliphatic rings. The van der Waals surface area contributed by atoms with Crippen molar-refractivity contribution in [1.29, 1.82) is 0 Å². The van der Waals surface area contributed by atoms with Gasteiger partial charge in [0.1, 0.15) is 0 Å². The highest BCUT2D eigenvalue weighted by Crippen LogP contribution is 2.28. The minimum Gasteiger partial charge on any atom is -0.465 e. The Morgan fingerprint density at radius 3 is 2.17 bits per heavy atom. The van der Waals surface area contributed by atoms with Gasteiger partial charge in [0.05, 0.1) is 12.5 Å². The highest BCUT2D eigenvalue weighted by atomic mass is 16.5. The molecule has 0 saturated carbocycles. The quantitative estimate of drug-likeness (QED) is 0.214. The minimum absolute atomic E-state index is 0.00964. The van der Waals surface area contributed by atoms with Gasteiger partial charge >= 0.3 is 5.97 Å². The Labute approximate surface area is 145 Å². The number of esters is 1. The van der Waals surface area contributed by atoms with E-state index in [0.29, 0.717) is 6.61 Å². The molecule has 0 aromatic carbocycles. The van der Waals surface area contributed by atoms with E-state index in [0.717, 1.165) is 38.5 Å². The lowest BCUT2D eigenvalue weighted by Crippen LogP contribution is -2.23. The number of hydrogen-bond donors (Lipinski definition) is 0. The lowest BCUT2D eigenvalue weighted by atomic mass is 9.82. The molecular weight excluding hydrogens is 284 g/mol. The van der Waals surface area contributed by atoms with Crippen LogP contribution in [0.5, 0.6) is 0 Å². The zero-order valence-corrected chi connectivity index (χ0v) is 16.3. The second-order valence-electron chi connectivity index (χ2n) is 7.88. The summed E-state index contributed by atoms with van der Waals surface area (Å²) in [7, 11) is 0. The summed E-state index contributed by atoms with van der Waals surface area (Å²) in [5.41, 5.74) is 0.165. The molecule has 1 unspecified atom stereocenters. The summed E-state index contributed by atoms with van der Waals surface area (Å²) in [5, 5.41) is 0. The van der Waals surface area contributed by atoms with Gasteiger partial charge in [-0.15, -0.1) is 0 Å². The molecule has 0 radical (unpaired) electrons. The molecule has 0 bridgehead atoms. The SMILES string of the molecule is CCCCC/C=C/CCC(CC(C)(C)C)C(=O)OCCCCC. The highest BCUT2D eigenvalue weighted by molar-refractivity contribution is 5.72. The van der Waals surface area contributed by atoms with Crippen molar-refractivity contribution in [2.75, 3.05) is 6.61 Å². The van der Waals surface area contributed by atoms with Crippen LogP contribution >= 0.6 is 0 Å². The molecule has 23 heavy (non-hydrogen) atoms. The van der Waals surface area contributed by atoms with Crippen LogP contribution in [0.1, 0.15) is 98.8 Å². The molecule has 0 aromatic rings. The summed E-state index contributed by atoms with van der Waals surface area (Å²) in [4.78, 5) is 12.3. The van der Waals surface area contributed by atoms with E-state index >= 15 is 0 Å². The summed E-state index contributed by atoms with van der Waals surface area (Å²) in [6.45, 7) is 11.6.